The second kappa shape index (κ2) is 24.6. The molecule has 0 aliphatic carbocycles. The van der Waals surface area contributed by atoms with Gasteiger partial charge in [-0.15, -0.1) is 11.3 Å². The van der Waals surface area contributed by atoms with E-state index in [1.54, 1.807) is 11.3 Å². The monoisotopic (exact) mass is 1390 g/mol. The molecule has 0 spiro atoms. The maximum atomic E-state index is 11.2. The zero-order valence-electron chi connectivity index (χ0n) is 57.3. The van der Waals surface area contributed by atoms with Crippen LogP contribution >= 0.6 is 11.3 Å². The molecule has 12 heteroatoms. The Balaban J connectivity index is 0.000000143. The predicted octanol–water partition coefficient (Wildman–Crippen LogP) is 25.1. The molecule has 108 heavy (non-hydrogen) atoms. The highest BCUT2D eigenvalue weighted by Gasteiger charge is 2.28. The number of benzene rings is 15. The minimum atomic E-state index is 0.287. The van der Waals surface area contributed by atoms with E-state index in [-0.39, 0.29) is 5.56 Å². The molecule has 21 rings (SSSR count). The zero-order chi connectivity index (χ0) is 72.4. The molecule has 6 aromatic heterocycles. The highest BCUT2D eigenvalue weighted by atomic mass is 32.1. The third-order valence-electron chi connectivity index (χ3n) is 21.3. The van der Waals surface area contributed by atoms with Crippen LogP contribution in [0.4, 0.5) is 11.4 Å². The van der Waals surface area contributed by atoms with E-state index < -0.39 is 0 Å². The Morgan fingerprint density at radius 1 is 0.296 bits per heavy atom. The first-order chi connectivity index (χ1) is 53.4. The van der Waals surface area contributed by atoms with Gasteiger partial charge < -0.3 is 22.8 Å². The number of nitrogens with zero attached hydrogens (tertiary/aromatic N) is 11. The lowest BCUT2D eigenvalue weighted by Gasteiger charge is -2.19. The van der Waals surface area contributed by atoms with E-state index in [0.717, 1.165) is 154 Å². The minimum absolute atomic E-state index is 0.287. The first kappa shape index (κ1) is 62.3. The van der Waals surface area contributed by atoms with Gasteiger partial charge >= 0.3 is 0 Å². The van der Waals surface area contributed by atoms with Gasteiger partial charge in [0.25, 0.3) is 0 Å². The molecule has 0 saturated heterocycles. The van der Waals surface area contributed by atoms with Crippen molar-refractivity contribution in [3.8, 4) is 75.0 Å². The highest BCUT2D eigenvalue weighted by molar-refractivity contribution is 7.26. The number of thiophene rings is 1. The number of para-hydroxylation sites is 8. The fourth-order valence-corrected chi connectivity index (χ4v) is 18.0. The van der Waals surface area contributed by atoms with Crippen LogP contribution in [0.5, 0.6) is 0 Å². The summed E-state index contributed by atoms with van der Waals surface area (Å²) in [5, 5.41) is 55.5. The van der Waals surface area contributed by atoms with Crippen LogP contribution in [0.1, 0.15) is 22.3 Å². The topological polar surface area (TPSA) is 129 Å². The van der Waals surface area contributed by atoms with E-state index in [0.29, 0.717) is 39.3 Å². The Kier molecular flexibility index (Phi) is 14.2. The zero-order valence-corrected chi connectivity index (χ0v) is 58.1. The first-order valence-electron chi connectivity index (χ1n) is 35.2. The van der Waals surface area contributed by atoms with Crippen LogP contribution in [0, 0.1) is 58.5 Å². The molecule has 0 unspecified atom stereocenters. The number of hydrogen-bond acceptors (Lipinski definition) is 5. The van der Waals surface area contributed by atoms with Crippen LogP contribution in [0.2, 0.25) is 0 Å². The summed E-state index contributed by atoms with van der Waals surface area (Å²) in [6, 6.07) is 114. The van der Waals surface area contributed by atoms with Crippen molar-refractivity contribution in [1.82, 2.24) is 22.8 Å². The molecule has 0 N–H and O–H groups in total. The smallest absolute Gasteiger partial charge is 0.211 e. The van der Waals surface area contributed by atoms with Crippen molar-refractivity contribution in [1.29, 1.82) is 21.0 Å². The fraction of sp³-hybridized carbons (Fsp3) is 0. The molecule has 11 nitrogen and oxygen atoms in total. The molecular formula is C96H51N11S. The van der Waals surface area contributed by atoms with Crippen LogP contribution in [0.3, 0.4) is 0 Å². The molecule has 0 aliphatic rings. The van der Waals surface area contributed by atoms with Crippen molar-refractivity contribution in [3.63, 3.8) is 0 Å². The molecule has 6 heterocycles. The van der Waals surface area contributed by atoms with Gasteiger partial charge in [-0.3, -0.25) is 0 Å². The summed E-state index contributed by atoms with van der Waals surface area (Å²) in [7, 11) is 0. The largest absolute Gasteiger partial charge is 0.318 e. The Morgan fingerprint density at radius 2 is 0.750 bits per heavy atom. The summed E-state index contributed by atoms with van der Waals surface area (Å²) in [5.41, 5.74) is 19.3. The van der Waals surface area contributed by atoms with E-state index in [9.17, 15) is 21.0 Å². The Bertz CT molecular complexity index is 7670. The van der Waals surface area contributed by atoms with Crippen molar-refractivity contribution < 1.29 is 0 Å². The van der Waals surface area contributed by atoms with Crippen molar-refractivity contribution in [2.45, 2.75) is 0 Å². The summed E-state index contributed by atoms with van der Waals surface area (Å²) < 4.78 is 13.5. The Labute approximate surface area is 621 Å². The molecule has 0 bridgehead atoms. The molecule has 0 aliphatic heterocycles. The average molecular weight is 1390 g/mol. The molecule has 15 aromatic carbocycles. The van der Waals surface area contributed by atoms with Crippen molar-refractivity contribution in [3.05, 3.63) is 354 Å². The van der Waals surface area contributed by atoms with E-state index in [1.165, 1.54) is 14.8 Å². The van der Waals surface area contributed by atoms with Gasteiger partial charge in [-0.25, -0.2) is 9.69 Å². The second-order valence-electron chi connectivity index (χ2n) is 26.8. The van der Waals surface area contributed by atoms with Crippen LogP contribution < -0.4 is 0 Å². The minimum Gasteiger partial charge on any atom is -0.318 e. The molecule has 0 fully saturated rings. The maximum absolute atomic E-state index is 11.2. The SMILES string of the molecule is [C-]#[N+]c1cc(-c2cc(C#N)c(C#N)cc2-n2c3ccccc3c3ccc4sc5ccccc5c4c32)cc(-n2c3ccccc3c3ccccc32)c1.[C-]#[N+]c1ccc(-c2ccc(C#N)cc2-n2c3ccccc3c3ccc4c5ccccc5n(-c5ccccc5)c4c32)c(C#N)c1-n1c2ccccc2c2ccccc21. The number of hydrogen-bond donors (Lipinski definition) is 0. The Morgan fingerprint density at radius 3 is 1.30 bits per heavy atom. The fourth-order valence-electron chi connectivity index (χ4n) is 16.9. The van der Waals surface area contributed by atoms with Crippen molar-refractivity contribution in [2.75, 3.05) is 0 Å². The van der Waals surface area contributed by atoms with Crippen molar-refractivity contribution in [2.24, 2.45) is 0 Å². The lowest BCUT2D eigenvalue weighted by molar-refractivity contribution is 1.15. The van der Waals surface area contributed by atoms with Crippen molar-refractivity contribution >= 4 is 152 Å². The molecule has 496 valence electrons. The number of rotatable bonds is 7. The van der Waals surface area contributed by atoms with Gasteiger partial charge in [0.15, 0.2) is 5.69 Å². The van der Waals surface area contributed by atoms with Gasteiger partial charge in [0.1, 0.15) is 18.2 Å². The first-order valence-corrected chi connectivity index (χ1v) is 36.0. The molecular weight excluding hydrogens is 1340 g/mol. The summed E-state index contributed by atoms with van der Waals surface area (Å²) in [5.74, 6) is 0. The van der Waals surface area contributed by atoms with Gasteiger partial charge in [-0.2, -0.15) is 21.0 Å². The van der Waals surface area contributed by atoms with Crippen LogP contribution in [0.15, 0.2) is 309 Å². The molecule has 21 aromatic rings. The molecule has 0 amide bonds. The predicted molar refractivity (Wildman–Crippen MR) is 440 cm³/mol. The van der Waals surface area contributed by atoms with Crippen LogP contribution in [0.25, 0.3) is 190 Å². The third-order valence-corrected chi connectivity index (χ3v) is 22.4. The summed E-state index contributed by atoms with van der Waals surface area (Å²) >= 11 is 1.77. The second-order valence-corrected chi connectivity index (χ2v) is 27.9. The number of nitriles is 4. The molecule has 0 atom stereocenters. The summed E-state index contributed by atoms with van der Waals surface area (Å²) in [6.45, 7) is 16.5. The quantitative estimate of drug-likeness (QED) is 0.147. The van der Waals surface area contributed by atoms with Gasteiger partial charge in [0.2, 0.25) is 5.69 Å². The van der Waals surface area contributed by atoms with Crippen LogP contribution in [-0.2, 0) is 0 Å². The lowest BCUT2D eigenvalue weighted by Crippen LogP contribution is -2.04. The normalized spacial score (nSPS) is 11.5. The number of aromatic nitrogens is 5. The molecule has 0 saturated carbocycles. The standard InChI is InChI=1S/C51H28N6.C45H23N5S/c1-54-43-28-27-34(42(31-53)49(43)56-45-20-10-5-15-35(45)36-16-6-11-21-46(36)56)39-24-23-32(30-52)29-48(39)57-47-22-12-8-18-38(47)41-26-25-40-37-17-7-9-19-44(37)55(50(40)51(41)57)33-13-3-2-4-14-33;1-48-30-20-27(21-31(24-30)49-38-14-6-2-10-32(38)33-11-3-7-15-39(33)49)37-22-28(25-46)29(26-47)23-41(37)50-40-16-8-4-12-34(40)35-18-19-43-44(45(35)50)36-13-5-9-17-42(36)51-43/h2-29H;2-24H. The average Bonchev–Trinajstić information content (AvgIpc) is 1.55. The number of fused-ring (bicyclic) bond motifs is 20. The van der Waals surface area contributed by atoms with E-state index >= 15 is 0 Å². The van der Waals surface area contributed by atoms with E-state index in [2.05, 4.69) is 233 Å². The van der Waals surface area contributed by atoms with Crippen LogP contribution in [-0.4, -0.2) is 22.8 Å². The Hall–Kier alpha value is -15.5. The maximum Gasteiger partial charge on any atom is 0.211 e. The van der Waals surface area contributed by atoms with E-state index in [1.807, 2.05) is 133 Å². The highest BCUT2D eigenvalue weighted by Crippen LogP contribution is 2.49. The van der Waals surface area contributed by atoms with E-state index in [4.69, 9.17) is 13.1 Å². The van der Waals surface area contributed by atoms with Gasteiger partial charge in [-0.05, 0) is 115 Å². The summed E-state index contributed by atoms with van der Waals surface area (Å²) in [6.07, 6.45) is 0. The third kappa shape index (κ3) is 9.20. The summed E-state index contributed by atoms with van der Waals surface area (Å²) in [4.78, 5) is 7.92. The van der Waals surface area contributed by atoms with Gasteiger partial charge in [0.05, 0.1) is 114 Å². The lowest BCUT2D eigenvalue weighted by atomic mass is 9.95. The molecule has 0 radical (unpaired) electrons. The van der Waals surface area contributed by atoms with Gasteiger partial charge in [0, 0.05) is 102 Å². The van der Waals surface area contributed by atoms with Gasteiger partial charge in [-0.1, -0.05) is 200 Å².